The molecule has 0 radical (unpaired) electrons. The van der Waals surface area contributed by atoms with Gasteiger partial charge in [0.25, 0.3) is 0 Å². The Bertz CT molecular complexity index is 178. The van der Waals surface area contributed by atoms with Crippen molar-refractivity contribution in [3.63, 3.8) is 0 Å². The summed E-state index contributed by atoms with van der Waals surface area (Å²) in [5.74, 6) is 0. The molecule has 0 bridgehead atoms. The van der Waals surface area contributed by atoms with Crippen LogP contribution in [-0.2, 0) is 4.74 Å². The molecule has 1 aliphatic rings. The van der Waals surface area contributed by atoms with E-state index in [0.29, 0.717) is 18.2 Å². The third kappa shape index (κ3) is 3.48. The number of hydrogen-bond donors (Lipinski definition) is 2. The predicted octanol–water partition coefficient (Wildman–Crippen LogP) is 1.04. The van der Waals surface area contributed by atoms with Crippen LogP contribution in [0, 0.1) is 0 Å². The fourth-order valence-electron chi connectivity index (χ4n) is 1.44. The van der Waals surface area contributed by atoms with Gasteiger partial charge in [0.2, 0.25) is 0 Å². The Morgan fingerprint density at radius 3 is 2.54 bits per heavy atom. The Labute approximate surface area is 85.2 Å². The fourth-order valence-corrected chi connectivity index (χ4v) is 1.60. The van der Waals surface area contributed by atoms with Gasteiger partial charge < -0.3 is 15.4 Å². The summed E-state index contributed by atoms with van der Waals surface area (Å²) in [5.41, 5.74) is 0. The average molecular weight is 202 g/mol. The molecule has 1 rings (SSSR count). The molecule has 13 heavy (non-hydrogen) atoms. The van der Waals surface area contributed by atoms with E-state index in [2.05, 4.69) is 24.5 Å². The van der Waals surface area contributed by atoms with E-state index in [1.54, 1.807) is 0 Å². The van der Waals surface area contributed by atoms with Crippen LogP contribution in [0.4, 0.5) is 0 Å². The Balaban J connectivity index is 2.08. The molecule has 0 spiro atoms. The summed E-state index contributed by atoms with van der Waals surface area (Å²) in [6.45, 7) is 4.14. The second-order valence-electron chi connectivity index (χ2n) is 3.70. The first-order valence-corrected chi connectivity index (χ1v) is 5.16. The van der Waals surface area contributed by atoms with Gasteiger partial charge in [-0.25, -0.2) is 0 Å². The number of nitrogens with one attached hydrogen (secondary N) is 2. The topological polar surface area (TPSA) is 33.3 Å². The first-order valence-electron chi connectivity index (χ1n) is 4.75. The van der Waals surface area contributed by atoms with Crippen molar-refractivity contribution in [2.75, 3.05) is 7.05 Å². The molecule has 0 aromatic heterocycles. The molecule has 2 N–H and O–H groups in total. The molecule has 0 aliphatic heterocycles. The number of thiocarbonyl (C=S) groups is 1. The van der Waals surface area contributed by atoms with Gasteiger partial charge in [-0.15, -0.1) is 0 Å². The zero-order valence-corrected chi connectivity index (χ0v) is 9.28. The smallest absolute Gasteiger partial charge is 0.166 e. The van der Waals surface area contributed by atoms with Crippen LogP contribution in [0.25, 0.3) is 0 Å². The molecule has 0 heterocycles. The largest absolute Gasteiger partial charge is 0.375 e. The molecule has 3 nitrogen and oxygen atoms in total. The van der Waals surface area contributed by atoms with Crippen molar-refractivity contribution in [1.29, 1.82) is 0 Å². The highest BCUT2D eigenvalue weighted by Crippen LogP contribution is 2.24. The summed E-state index contributed by atoms with van der Waals surface area (Å²) in [6, 6.07) is 0.503. The maximum absolute atomic E-state index is 5.63. The van der Waals surface area contributed by atoms with Crippen molar-refractivity contribution < 1.29 is 4.74 Å². The van der Waals surface area contributed by atoms with Crippen LogP contribution < -0.4 is 10.6 Å². The molecule has 0 amide bonds. The van der Waals surface area contributed by atoms with E-state index in [0.717, 1.165) is 18.0 Å². The lowest BCUT2D eigenvalue weighted by Gasteiger charge is -2.37. The van der Waals surface area contributed by atoms with Crippen molar-refractivity contribution in [3.8, 4) is 0 Å². The summed E-state index contributed by atoms with van der Waals surface area (Å²) in [6.07, 6.45) is 2.90. The third-order valence-electron chi connectivity index (χ3n) is 2.12. The van der Waals surface area contributed by atoms with Gasteiger partial charge in [0.15, 0.2) is 5.11 Å². The lowest BCUT2D eigenvalue weighted by Crippen LogP contribution is -2.50. The van der Waals surface area contributed by atoms with E-state index < -0.39 is 0 Å². The maximum Gasteiger partial charge on any atom is 0.166 e. The summed E-state index contributed by atoms with van der Waals surface area (Å²) in [7, 11) is 1.83. The molecule has 0 saturated heterocycles. The van der Waals surface area contributed by atoms with Gasteiger partial charge in [0, 0.05) is 13.1 Å². The zero-order chi connectivity index (χ0) is 9.84. The van der Waals surface area contributed by atoms with Crippen molar-refractivity contribution in [1.82, 2.24) is 10.6 Å². The van der Waals surface area contributed by atoms with Crippen LogP contribution in [0.1, 0.15) is 26.7 Å². The lowest BCUT2D eigenvalue weighted by atomic mass is 9.89. The van der Waals surface area contributed by atoms with Crippen molar-refractivity contribution in [2.45, 2.75) is 44.9 Å². The van der Waals surface area contributed by atoms with Crippen LogP contribution in [0.3, 0.4) is 0 Å². The second-order valence-corrected chi connectivity index (χ2v) is 4.11. The van der Waals surface area contributed by atoms with Crippen LogP contribution >= 0.6 is 12.2 Å². The Hall–Kier alpha value is -0.350. The third-order valence-corrected chi connectivity index (χ3v) is 2.44. The second kappa shape index (κ2) is 4.77. The normalized spacial score (nSPS) is 26.8. The number of hydrogen-bond acceptors (Lipinski definition) is 2. The minimum Gasteiger partial charge on any atom is -0.375 e. The molecule has 1 aliphatic carbocycles. The van der Waals surface area contributed by atoms with E-state index in [9.17, 15) is 0 Å². The standard InChI is InChI=1S/C9H18N2OS/c1-6(2)12-8-4-7(5-8)11-9(13)10-3/h6-8H,4-5H2,1-3H3,(H2,10,11,13). The van der Waals surface area contributed by atoms with E-state index >= 15 is 0 Å². The highest BCUT2D eigenvalue weighted by molar-refractivity contribution is 7.80. The van der Waals surface area contributed by atoms with Crippen molar-refractivity contribution in [2.24, 2.45) is 0 Å². The summed E-state index contributed by atoms with van der Waals surface area (Å²) in [4.78, 5) is 0. The minimum atomic E-state index is 0.335. The van der Waals surface area contributed by atoms with Crippen molar-refractivity contribution in [3.05, 3.63) is 0 Å². The average Bonchev–Trinajstić information content (AvgIpc) is 1.99. The quantitative estimate of drug-likeness (QED) is 0.670. The van der Waals surface area contributed by atoms with E-state index in [1.165, 1.54) is 0 Å². The molecule has 0 unspecified atom stereocenters. The highest BCUT2D eigenvalue weighted by Gasteiger charge is 2.30. The molecule has 1 fully saturated rings. The van der Waals surface area contributed by atoms with Gasteiger partial charge in [0.1, 0.15) is 0 Å². The van der Waals surface area contributed by atoms with Gasteiger partial charge in [0.05, 0.1) is 12.2 Å². The summed E-state index contributed by atoms with van der Waals surface area (Å²) >= 11 is 5.00. The SMILES string of the molecule is CNC(=S)NC1CC(OC(C)C)C1. The zero-order valence-electron chi connectivity index (χ0n) is 8.46. The lowest BCUT2D eigenvalue weighted by molar-refractivity contribution is -0.0466. The molecule has 0 atom stereocenters. The Morgan fingerprint density at radius 1 is 1.46 bits per heavy atom. The Kier molecular flexibility index (Phi) is 3.93. The van der Waals surface area contributed by atoms with E-state index in [1.807, 2.05) is 7.05 Å². The summed E-state index contributed by atoms with van der Waals surface area (Å²) in [5, 5.41) is 6.84. The molecular formula is C9H18N2OS. The first kappa shape index (κ1) is 10.7. The molecule has 0 aromatic carbocycles. The molecule has 0 aromatic rings. The fraction of sp³-hybridized carbons (Fsp3) is 0.889. The van der Waals surface area contributed by atoms with Crippen LogP contribution in [0.15, 0.2) is 0 Å². The molecule has 76 valence electrons. The minimum absolute atomic E-state index is 0.335. The number of ether oxygens (including phenoxy) is 1. The van der Waals surface area contributed by atoms with Gasteiger partial charge in [-0.3, -0.25) is 0 Å². The first-order chi connectivity index (χ1) is 6.11. The van der Waals surface area contributed by atoms with Crippen LogP contribution in [0.5, 0.6) is 0 Å². The van der Waals surface area contributed by atoms with Crippen LogP contribution in [-0.4, -0.2) is 30.4 Å². The summed E-state index contributed by atoms with van der Waals surface area (Å²) < 4.78 is 5.63. The molecule has 4 heteroatoms. The van der Waals surface area contributed by atoms with Gasteiger partial charge in [-0.2, -0.15) is 0 Å². The van der Waals surface area contributed by atoms with E-state index in [4.69, 9.17) is 17.0 Å². The monoisotopic (exact) mass is 202 g/mol. The van der Waals surface area contributed by atoms with E-state index in [-0.39, 0.29) is 0 Å². The van der Waals surface area contributed by atoms with Crippen LogP contribution in [0.2, 0.25) is 0 Å². The Morgan fingerprint density at radius 2 is 2.08 bits per heavy atom. The molecule has 1 saturated carbocycles. The van der Waals surface area contributed by atoms with Gasteiger partial charge in [-0.1, -0.05) is 0 Å². The highest BCUT2D eigenvalue weighted by atomic mass is 32.1. The van der Waals surface area contributed by atoms with Gasteiger partial charge >= 0.3 is 0 Å². The van der Waals surface area contributed by atoms with Gasteiger partial charge in [-0.05, 0) is 38.9 Å². The molecular weight excluding hydrogens is 184 g/mol. The predicted molar refractivity (Wildman–Crippen MR) is 57.8 cm³/mol. The van der Waals surface area contributed by atoms with Crippen molar-refractivity contribution >= 4 is 17.3 Å². The number of rotatable bonds is 3. The maximum atomic E-state index is 5.63.